The first-order chi connectivity index (χ1) is 15.0. The first-order valence-corrected chi connectivity index (χ1v) is 12.2. The predicted octanol–water partition coefficient (Wildman–Crippen LogP) is 5.87. The lowest BCUT2D eigenvalue weighted by molar-refractivity contribution is 0.102. The standard InChI is InChI=1S/C24H19ClN2O2S2/c1-14-4-2-5-17(12-14)27-23(29)21-18-6-3-7-20(18)31-22(21)26-24(27)30-13-19(28)15-8-10-16(25)11-9-15/h2,4-5,8-12H,3,6-7,13H2,1H3. The topological polar surface area (TPSA) is 52.0 Å². The van der Waals surface area contributed by atoms with Crippen LogP contribution in [-0.2, 0) is 12.8 Å². The normalized spacial score (nSPS) is 13.0. The van der Waals surface area contributed by atoms with Crippen molar-refractivity contribution in [2.75, 3.05) is 5.75 Å². The monoisotopic (exact) mass is 466 g/mol. The zero-order valence-electron chi connectivity index (χ0n) is 16.9. The molecule has 2 heterocycles. The number of nitrogens with zero attached hydrogens (tertiary/aromatic N) is 2. The molecule has 0 N–H and O–H groups in total. The van der Waals surface area contributed by atoms with Gasteiger partial charge in [-0.3, -0.25) is 14.2 Å². The van der Waals surface area contributed by atoms with Gasteiger partial charge in [-0.2, -0.15) is 0 Å². The van der Waals surface area contributed by atoms with Crippen LogP contribution in [0, 0.1) is 6.92 Å². The molecule has 0 atom stereocenters. The summed E-state index contributed by atoms with van der Waals surface area (Å²) >= 11 is 8.85. The van der Waals surface area contributed by atoms with Crippen LogP contribution in [0.4, 0.5) is 0 Å². The summed E-state index contributed by atoms with van der Waals surface area (Å²) in [6, 6.07) is 14.7. The van der Waals surface area contributed by atoms with Gasteiger partial charge in [0.05, 0.1) is 16.8 Å². The molecule has 0 fully saturated rings. The highest BCUT2D eigenvalue weighted by Gasteiger charge is 2.24. The lowest BCUT2D eigenvalue weighted by Gasteiger charge is -2.13. The third-order valence-corrected chi connectivity index (χ3v) is 7.84. The maximum Gasteiger partial charge on any atom is 0.267 e. The van der Waals surface area contributed by atoms with Crippen LogP contribution < -0.4 is 5.56 Å². The van der Waals surface area contributed by atoms with Crippen LogP contribution in [0.25, 0.3) is 15.9 Å². The Hall–Kier alpha value is -2.41. The number of rotatable bonds is 5. The number of carbonyl (C=O) groups is 1. The van der Waals surface area contributed by atoms with E-state index in [1.807, 2.05) is 31.2 Å². The van der Waals surface area contributed by atoms with Crippen LogP contribution in [0.15, 0.2) is 58.5 Å². The Kier molecular flexibility index (Phi) is 5.46. The van der Waals surface area contributed by atoms with Gasteiger partial charge in [0, 0.05) is 15.5 Å². The Balaban J connectivity index is 1.59. The first kappa shape index (κ1) is 20.5. The van der Waals surface area contributed by atoms with E-state index in [1.54, 1.807) is 40.2 Å². The Morgan fingerprint density at radius 1 is 1.19 bits per heavy atom. The van der Waals surface area contributed by atoms with Gasteiger partial charge in [0.15, 0.2) is 10.9 Å². The van der Waals surface area contributed by atoms with E-state index in [1.165, 1.54) is 16.6 Å². The number of thioether (sulfide) groups is 1. The predicted molar refractivity (Wildman–Crippen MR) is 128 cm³/mol. The van der Waals surface area contributed by atoms with E-state index in [0.717, 1.165) is 46.3 Å². The molecule has 0 saturated carbocycles. The fourth-order valence-electron chi connectivity index (χ4n) is 3.97. The van der Waals surface area contributed by atoms with Gasteiger partial charge in [-0.15, -0.1) is 11.3 Å². The number of thiophene rings is 1. The van der Waals surface area contributed by atoms with Crippen molar-refractivity contribution in [2.45, 2.75) is 31.3 Å². The van der Waals surface area contributed by atoms with Gasteiger partial charge >= 0.3 is 0 Å². The Labute approximate surface area is 192 Å². The summed E-state index contributed by atoms with van der Waals surface area (Å²) in [5.74, 6) is 0.164. The summed E-state index contributed by atoms with van der Waals surface area (Å²) in [7, 11) is 0. The Morgan fingerprint density at radius 3 is 2.77 bits per heavy atom. The molecular formula is C24H19ClN2O2S2. The minimum absolute atomic E-state index is 0.0273. The molecule has 0 spiro atoms. The van der Waals surface area contributed by atoms with Gasteiger partial charge in [0.2, 0.25) is 0 Å². The van der Waals surface area contributed by atoms with Crippen molar-refractivity contribution in [2.24, 2.45) is 0 Å². The van der Waals surface area contributed by atoms with Crippen LogP contribution in [0.5, 0.6) is 0 Å². The second-order valence-corrected chi connectivity index (χ2v) is 10.1. The van der Waals surface area contributed by atoms with E-state index in [0.29, 0.717) is 15.7 Å². The third kappa shape index (κ3) is 3.84. The molecule has 5 rings (SSSR count). The summed E-state index contributed by atoms with van der Waals surface area (Å²) in [5, 5.41) is 1.88. The SMILES string of the molecule is Cc1cccc(-n2c(SCC(=O)c3ccc(Cl)cc3)nc3sc4c(c3c2=O)CCC4)c1. The van der Waals surface area contributed by atoms with Gasteiger partial charge in [0.25, 0.3) is 5.56 Å². The van der Waals surface area contributed by atoms with Crippen LogP contribution in [0.3, 0.4) is 0 Å². The molecule has 4 aromatic rings. The molecule has 0 saturated heterocycles. The van der Waals surface area contributed by atoms with Gasteiger partial charge in [-0.05, 0) is 73.7 Å². The summed E-state index contributed by atoms with van der Waals surface area (Å²) in [6.45, 7) is 2.00. The van der Waals surface area contributed by atoms with Crippen molar-refractivity contribution in [3.05, 3.63) is 85.5 Å². The molecule has 1 aliphatic carbocycles. The quantitative estimate of drug-likeness (QED) is 0.209. The maximum absolute atomic E-state index is 13.7. The number of hydrogen-bond acceptors (Lipinski definition) is 5. The molecule has 4 nitrogen and oxygen atoms in total. The van der Waals surface area contributed by atoms with Crippen molar-refractivity contribution in [3.63, 3.8) is 0 Å². The zero-order valence-corrected chi connectivity index (χ0v) is 19.2. The molecular weight excluding hydrogens is 448 g/mol. The average molecular weight is 467 g/mol. The summed E-state index contributed by atoms with van der Waals surface area (Å²) < 4.78 is 1.67. The number of fused-ring (bicyclic) bond motifs is 3. The summed E-state index contributed by atoms with van der Waals surface area (Å²) in [6.07, 6.45) is 3.03. The second-order valence-electron chi connectivity index (χ2n) is 7.63. The van der Waals surface area contributed by atoms with Crippen LogP contribution in [0.1, 0.15) is 32.8 Å². The Morgan fingerprint density at radius 2 is 2.00 bits per heavy atom. The van der Waals surface area contributed by atoms with E-state index in [9.17, 15) is 9.59 Å². The molecule has 2 aromatic heterocycles. The highest BCUT2D eigenvalue weighted by Crippen LogP contribution is 2.36. The zero-order chi connectivity index (χ0) is 21.5. The maximum atomic E-state index is 13.7. The fourth-order valence-corrected chi connectivity index (χ4v) is 6.30. The minimum Gasteiger partial charge on any atom is -0.293 e. The van der Waals surface area contributed by atoms with E-state index in [2.05, 4.69) is 0 Å². The van der Waals surface area contributed by atoms with Gasteiger partial charge in [0.1, 0.15) is 4.83 Å². The first-order valence-electron chi connectivity index (χ1n) is 10.1. The molecule has 2 aromatic carbocycles. The molecule has 0 radical (unpaired) electrons. The number of aromatic nitrogens is 2. The van der Waals surface area contributed by atoms with Crippen LogP contribution in [-0.4, -0.2) is 21.1 Å². The fraction of sp³-hybridized carbons (Fsp3) is 0.208. The number of carbonyl (C=O) groups excluding carboxylic acids is 1. The molecule has 7 heteroatoms. The third-order valence-electron chi connectivity index (χ3n) is 5.47. The number of aryl methyl sites for hydroxylation is 3. The van der Waals surface area contributed by atoms with E-state index in [-0.39, 0.29) is 17.1 Å². The van der Waals surface area contributed by atoms with Crippen molar-refractivity contribution >= 4 is 50.7 Å². The van der Waals surface area contributed by atoms with Crippen LogP contribution in [0.2, 0.25) is 5.02 Å². The van der Waals surface area contributed by atoms with Crippen LogP contribution >= 0.6 is 34.7 Å². The van der Waals surface area contributed by atoms with E-state index < -0.39 is 0 Å². The van der Waals surface area contributed by atoms with Crippen molar-refractivity contribution in [1.82, 2.24) is 9.55 Å². The van der Waals surface area contributed by atoms with Crippen molar-refractivity contribution in [3.8, 4) is 5.69 Å². The second kappa shape index (κ2) is 8.26. The largest absolute Gasteiger partial charge is 0.293 e. The molecule has 0 aliphatic heterocycles. The summed E-state index contributed by atoms with van der Waals surface area (Å²) in [5.41, 5.74) is 3.55. The Bertz CT molecular complexity index is 1370. The summed E-state index contributed by atoms with van der Waals surface area (Å²) in [4.78, 5) is 33.3. The number of benzene rings is 2. The van der Waals surface area contributed by atoms with Gasteiger partial charge in [-0.1, -0.05) is 35.5 Å². The number of Topliss-reactive ketones (excluding diaryl/α,β-unsaturated/α-hetero) is 1. The van der Waals surface area contributed by atoms with Crippen molar-refractivity contribution in [1.29, 1.82) is 0 Å². The highest BCUT2D eigenvalue weighted by molar-refractivity contribution is 7.99. The minimum atomic E-state index is -0.0450. The molecule has 0 unspecified atom stereocenters. The van der Waals surface area contributed by atoms with Gasteiger partial charge in [-0.25, -0.2) is 4.98 Å². The molecule has 0 amide bonds. The number of halogens is 1. The lowest BCUT2D eigenvalue weighted by Crippen LogP contribution is -2.22. The van der Waals surface area contributed by atoms with E-state index >= 15 is 0 Å². The molecule has 31 heavy (non-hydrogen) atoms. The molecule has 156 valence electrons. The lowest BCUT2D eigenvalue weighted by atomic mass is 10.1. The highest BCUT2D eigenvalue weighted by atomic mass is 35.5. The average Bonchev–Trinajstić information content (AvgIpc) is 3.33. The number of ketones is 1. The smallest absolute Gasteiger partial charge is 0.267 e. The molecule has 1 aliphatic rings. The van der Waals surface area contributed by atoms with Crippen molar-refractivity contribution < 1.29 is 4.79 Å². The number of hydrogen-bond donors (Lipinski definition) is 0. The molecule has 0 bridgehead atoms. The van der Waals surface area contributed by atoms with Gasteiger partial charge < -0.3 is 0 Å². The van der Waals surface area contributed by atoms with E-state index in [4.69, 9.17) is 16.6 Å².